The molecular weight excluding hydrogens is 324 g/mol. The topological polar surface area (TPSA) is 80.1 Å². The summed E-state index contributed by atoms with van der Waals surface area (Å²) in [6.45, 7) is 1.95. The van der Waals surface area contributed by atoms with Gasteiger partial charge in [0.15, 0.2) is 0 Å². The van der Waals surface area contributed by atoms with Crippen LogP contribution >= 0.6 is 15.9 Å². The fourth-order valence-electron chi connectivity index (χ4n) is 1.72. The van der Waals surface area contributed by atoms with Crippen LogP contribution in [0.1, 0.15) is 5.56 Å². The van der Waals surface area contributed by atoms with E-state index in [1.54, 1.807) is 7.05 Å². The predicted octanol–water partition coefficient (Wildman–Crippen LogP) is 3.85. The molecule has 2 rings (SSSR count). The van der Waals surface area contributed by atoms with Crippen molar-refractivity contribution in [3.05, 3.63) is 50.5 Å². The summed E-state index contributed by atoms with van der Waals surface area (Å²) in [5, 5.41) is 16.8. The maximum Gasteiger partial charge on any atom is 0.276 e. The highest BCUT2D eigenvalue weighted by molar-refractivity contribution is 9.10. The standard InChI is InChI=1S/C13H13BrN4O2/c1-8-5-9(14)3-4-11(8)16-13-7-10(18(19)20)6-12(15-2)17-13/h3-7H,1-2H3,(H2,15,16,17). The lowest BCUT2D eigenvalue weighted by Crippen LogP contribution is -2.01. The maximum absolute atomic E-state index is 10.9. The second-order valence-corrected chi connectivity index (χ2v) is 5.10. The van der Waals surface area contributed by atoms with Gasteiger partial charge < -0.3 is 10.6 Å². The van der Waals surface area contributed by atoms with E-state index in [1.807, 2.05) is 25.1 Å². The van der Waals surface area contributed by atoms with Crippen LogP contribution in [0.4, 0.5) is 23.0 Å². The summed E-state index contributed by atoms with van der Waals surface area (Å²) in [4.78, 5) is 14.7. The number of halogens is 1. The first kappa shape index (κ1) is 14.3. The highest BCUT2D eigenvalue weighted by Gasteiger charge is 2.11. The minimum absolute atomic E-state index is 0.0124. The first-order chi connectivity index (χ1) is 9.49. The molecule has 0 radical (unpaired) electrons. The molecule has 0 spiro atoms. The number of hydrogen-bond acceptors (Lipinski definition) is 5. The van der Waals surface area contributed by atoms with Crippen LogP contribution in [0.5, 0.6) is 0 Å². The van der Waals surface area contributed by atoms with Gasteiger partial charge in [-0.25, -0.2) is 4.98 Å². The summed E-state index contributed by atoms with van der Waals surface area (Å²) in [7, 11) is 1.67. The van der Waals surface area contributed by atoms with Gasteiger partial charge in [-0.1, -0.05) is 15.9 Å². The van der Waals surface area contributed by atoms with E-state index in [4.69, 9.17) is 0 Å². The smallest absolute Gasteiger partial charge is 0.276 e. The number of pyridine rings is 1. The third-order valence-corrected chi connectivity index (χ3v) is 3.22. The van der Waals surface area contributed by atoms with Crippen LogP contribution in [-0.2, 0) is 0 Å². The van der Waals surface area contributed by atoms with Crippen molar-refractivity contribution in [3.63, 3.8) is 0 Å². The molecule has 1 aromatic heterocycles. The average Bonchev–Trinajstić information content (AvgIpc) is 2.41. The van der Waals surface area contributed by atoms with Crippen molar-refractivity contribution in [2.45, 2.75) is 6.92 Å². The molecule has 0 aliphatic carbocycles. The SMILES string of the molecule is CNc1cc([N+](=O)[O-])cc(Nc2ccc(Br)cc2C)n1. The second kappa shape index (κ2) is 5.87. The van der Waals surface area contributed by atoms with Crippen LogP contribution in [0.15, 0.2) is 34.8 Å². The van der Waals surface area contributed by atoms with Gasteiger partial charge in [0.25, 0.3) is 5.69 Å². The summed E-state index contributed by atoms with van der Waals surface area (Å²) in [6.07, 6.45) is 0. The molecule has 104 valence electrons. The summed E-state index contributed by atoms with van der Waals surface area (Å²) in [5.41, 5.74) is 1.85. The number of nitro groups is 1. The summed E-state index contributed by atoms with van der Waals surface area (Å²) < 4.78 is 0.975. The Labute approximate surface area is 124 Å². The van der Waals surface area contributed by atoms with Crippen LogP contribution in [0.2, 0.25) is 0 Å². The number of nitrogens with zero attached hydrogens (tertiary/aromatic N) is 2. The highest BCUT2D eigenvalue weighted by Crippen LogP contribution is 2.26. The van der Waals surface area contributed by atoms with Gasteiger partial charge in [-0.05, 0) is 30.7 Å². The van der Waals surface area contributed by atoms with E-state index >= 15 is 0 Å². The monoisotopic (exact) mass is 336 g/mol. The molecule has 0 aliphatic heterocycles. The number of aryl methyl sites for hydroxylation is 1. The van der Waals surface area contributed by atoms with Gasteiger partial charge in [0.05, 0.1) is 17.1 Å². The molecule has 6 nitrogen and oxygen atoms in total. The van der Waals surface area contributed by atoms with Gasteiger partial charge in [0.1, 0.15) is 11.6 Å². The highest BCUT2D eigenvalue weighted by atomic mass is 79.9. The Morgan fingerprint density at radius 3 is 2.55 bits per heavy atom. The zero-order chi connectivity index (χ0) is 14.7. The van der Waals surface area contributed by atoms with Crippen molar-refractivity contribution in [1.82, 2.24) is 4.98 Å². The Kier molecular flexibility index (Phi) is 4.19. The number of nitrogens with one attached hydrogen (secondary N) is 2. The van der Waals surface area contributed by atoms with Gasteiger partial charge in [0.2, 0.25) is 0 Å². The van der Waals surface area contributed by atoms with Crippen LogP contribution < -0.4 is 10.6 Å². The Morgan fingerprint density at radius 2 is 1.95 bits per heavy atom. The van der Waals surface area contributed by atoms with E-state index in [0.29, 0.717) is 11.6 Å². The number of aromatic nitrogens is 1. The van der Waals surface area contributed by atoms with Crippen LogP contribution in [-0.4, -0.2) is 17.0 Å². The zero-order valence-corrected chi connectivity index (χ0v) is 12.6. The molecule has 7 heteroatoms. The lowest BCUT2D eigenvalue weighted by Gasteiger charge is -2.10. The van der Waals surface area contributed by atoms with Crippen molar-refractivity contribution in [2.24, 2.45) is 0 Å². The fourth-order valence-corrected chi connectivity index (χ4v) is 2.19. The first-order valence-electron chi connectivity index (χ1n) is 5.87. The van der Waals surface area contributed by atoms with E-state index in [2.05, 4.69) is 31.5 Å². The molecular formula is C13H13BrN4O2. The van der Waals surface area contributed by atoms with Crippen molar-refractivity contribution < 1.29 is 4.92 Å². The largest absolute Gasteiger partial charge is 0.373 e. The number of anilines is 3. The van der Waals surface area contributed by atoms with Crippen molar-refractivity contribution in [3.8, 4) is 0 Å². The molecule has 0 unspecified atom stereocenters. The lowest BCUT2D eigenvalue weighted by molar-refractivity contribution is -0.384. The molecule has 0 fully saturated rings. The van der Waals surface area contributed by atoms with Crippen LogP contribution in [0.3, 0.4) is 0 Å². The summed E-state index contributed by atoms with van der Waals surface area (Å²) in [6, 6.07) is 8.53. The molecule has 20 heavy (non-hydrogen) atoms. The molecule has 0 amide bonds. The Hall–Kier alpha value is -2.15. The number of benzene rings is 1. The predicted molar refractivity (Wildman–Crippen MR) is 82.6 cm³/mol. The molecule has 0 aliphatic rings. The summed E-state index contributed by atoms with van der Waals surface area (Å²) >= 11 is 3.39. The second-order valence-electron chi connectivity index (χ2n) is 4.19. The Bertz CT molecular complexity index is 661. The van der Waals surface area contributed by atoms with Gasteiger partial charge in [-0.3, -0.25) is 10.1 Å². The number of rotatable bonds is 4. The first-order valence-corrected chi connectivity index (χ1v) is 6.66. The van der Waals surface area contributed by atoms with Crippen LogP contribution in [0, 0.1) is 17.0 Å². The minimum atomic E-state index is -0.442. The minimum Gasteiger partial charge on any atom is -0.373 e. The Balaban J connectivity index is 2.37. The van der Waals surface area contributed by atoms with E-state index in [0.717, 1.165) is 15.7 Å². The van der Waals surface area contributed by atoms with E-state index in [9.17, 15) is 10.1 Å². The molecule has 0 saturated carbocycles. The third-order valence-electron chi connectivity index (χ3n) is 2.73. The van der Waals surface area contributed by atoms with Gasteiger partial charge in [-0.15, -0.1) is 0 Å². The molecule has 2 aromatic rings. The van der Waals surface area contributed by atoms with Gasteiger partial charge in [-0.2, -0.15) is 0 Å². The van der Waals surface area contributed by atoms with Crippen LogP contribution in [0.25, 0.3) is 0 Å². The zero-order valence-electron chi connectivity index (χ0n) is 11.0. The van der Waals surface area contributed by atoms with Crippen molar-refractivity contribution in [1.29, 1.82) is 0 Å². The van der Waals surface area contributed by atoms with Crippen molar-refractivity contribution >= 4 is 38.9 Å². The average molecular weight is 337 g/mol. The normalized spacial score (nSPS) is 10.2. The maximum atomic E-state index is 10.9. The Morgan fingerprint density at radius 1 is 1.25 bits per heavy atom. The molecule has 2 N–H and O–H groups in total. The third kappa shape index (κ3) is 3.24. The van der Waals surface area contributed by atoms with E-state index in [-0.39, 0.29) is 5.69 Å². The quantitative estimate of drug-likeness (QED) is 0.654. The van der Waals surface area contributed by atoms with E-state index < -0.39 is 4.92 Å². The van der Waals surface area contributed by atoms with E-state index in [1.165, 1.54) is 12.1 Å². The molecule has 0 saturated heterocycles. The fraction of sp³-hybridized carbons (Fsp3) is 0.154. The molecule has 0 atom stereocenters. The van der Waals surface area contributed by atoms with Gasteiger partial charge in [0, 0.05) is 17.2 Å². The van der Waals surface area contributed by atoms with Gasteiger partial charge >= 0.3 is 0 Å². The number of hydrogen-bond donors (Lipinski definition) is 2. The summed E-state index contributed by atoms with van der Waals surface area (Å²) in [5.74, 6) is 0.866. The molecule has 1 aromatic carbocycles. The van der Waals surface area contributed by atoms with Crippen molar-refractivity contribution in [2.75, 3.05) is 17.7 Å². The molecule has 1 heterocycles. The lowest BCUT2D eigenvalue weighted by atomic mass is 10.2. The molecule has 0 bridgehead atoms.